The lowest BCUT2D eigenvalue weighted by atomic mass is 9.99. The average Bonchev–Trinajstić information content (AvgIpc) is 2.67. The zero-order chi connectivity index (χ0) is 18.4. The minimum atomic E-state index is 0.534. The molecule has 1 aromatic carbocycles. The molecule has 26 heavy (non-hydrogen) atoms. The summed E-state index contributed by atoms with van der Waals surface area (Å²) < 4.78 is 0. The molecule has 0 radical (unpaired) electrons. The highest BCUT2D eigenvalue weighted by molar-refractivity contribution is 5.80. The maximum absolute atomic E-state index is 4.42. The molecule has 3 rings (SSSR count). The fourth-order valence-corrected chi connectivity index (χ4v) is 4.14. The van der Waals surface area contributed by atoms with Gasteiger partial charge in [0.25, 0.3) is 0 Å². The smallest absolute Gasteiger partial charge is 0.191 e. The first kappa shape index (κ1) is 19.0. The van der Waals surface area contributed by atoms with Crippen molar-refractivity contribution in [2.24, 2.45) is 4.99 Å². The van der Waals surface area contributed by atoms with Crippen molar-refractivity contribution in [1.29, 1.82) is 0 Å². The van der Waals surface area contributed by atoms with E-state index < -0.39 is 0 Å². The zero-order valence-corrected chi connectivity index (χ0v) is 16.7. The molecule has 0 aromatic heterocycles. The Labute approximate surface area is 158 Å². The van der Waals surface area contributed by atoms with Crippen molar-refractivity contribution in [3.63, 3.8) is 0 Å². The lowest BCUT2D eigenvalue weighted by Gasteiger charge is -2.32. The number of aryl methyl sites for hydroxylation is 1. The van der Waals surface area contributed by atoms with Gasteiger partial charge in [0.05, 0.1) is 0 Å². The normalized spacial score (nSPS) is 19.3. The van der Waals surface area contributed by atoms with Gasteiger partial charge in [0.1, 0.15) is 0 Å². The van der Waals surface area contributed by atoms with Crippen LogP contribution in [0.15, 0.2) is 23.2 Å². The number of rotatable bonds is 5. The first-order valence-corrected chi connectivity index (χ1v) is 10.2. The van der Waals surface area contributed by atoms with Gasteiger partial charge in [-0.2, -0.15) is 0 Å². The molecule has 0 bridgehead atoms. The van der Waals surface area contributed by atoms with Gasteiger partial charge >= 0.3 is 0 Å². The predicted molar refractivity (Wildman–Crippen MR) is 111 cm³/mol. The van der Waals surface area contributed by atoms with E-state index in [1.807, 2.05) is 7.05 Å². The molecular formula is C21H35N5. The maximum atomic E-state index is 4.42. The Morgan fingerprint density at radius 2 is 2.04 bits per heavy atom. The van der Waals surface area contributed by atoms with Crippen molar-refractivity contribution in [1.82, 2.24) is 15.5 Å². The van der Waals surface area contributed by atoms with E-state index in [-0.39, 0.29) is 0 Å². The summed E-state index contributed by atoms with van der Waals surface area (Å²) in [6, 6.07) is 7.40. The van der Waals surface area contributed by atoms with Crippen LogP contribution in [0.2, 0.25) is 0 Å². The van der Waals surface area contributed by atoms with E-state index in [1.165, 1.54) is 68.6 Å². The SMILES string of the molecule is CCCN1CCC(NC(=NC)NCc2ccc3c(c2)CCCN3C)CC1. The van der Waals surface area contributed by atoms with Crippen molar-refractivity contribution in [2.45, 2.75) is 51.6 Å². The molecule has 2 aliphatic heterocycles. The van der Waals surface area contributed by atoms with E-state index in [2.05, 4.69) is 57.6 Å². The van der Waals surface area contributed by atoms with Crippen molar-refractivity contribution in [3.8, 4) is 0 Å². The fraction of sp³-hybridized carbons (Fsp3) is 0.667. The Kier molecular flexibility index (Phi) is 6.78. The van der Waals surface area contributed by atoms with Gasteiger partial charge in [-0.1, -0.05) is 19.1 Å². The second-order valence-electron chi connectivity index (χ2n) is 7.67. The Hall–Kier alpha value is -1.75. The largest absolute Gasteiger partial charge is 0.374 e. The summed E-state index contributed by atoms with van der Waals surface area (Å²) in [5, 5.41) is 7.11. The van der Waals surface area contributed by atoms with Crippen molar-refractivity contribution in [2.75, 3.05) is 45.2 Å². The summed E-state index contributed by atoms with van der Waals surface area (Å²) in [5.74, 6) is 0.925. The summed E-state index contributed by atoms with van der Waals surface area (Å²) in [7, 11) is 4.05. The van der Waals surface area contributed by atoms with Crippen LogP contribution in [0.3, 0.4) is 0 Å². The van der Waals surface area contributed by atoms with E-state index in [0.29, 0.717) is 6.04 Å². The zero-order valence-electron chi connectivity index (χ0n) is 16.7. The Morgan fingerprint density at radius 3 is 2.77 bits per heavy atom. The summed E-state index contributed by atoms with van der Waals surface area (Å²) in [6.45, 7) is 7.87. The molecular weight excluding hydrogens is 322 g/mol. The van der Waals surface area contributed by atoms with E-state index in [0.717, 1.165) is 19.0 Å². The molecule has 5 nitrogen and oxygen atoms in total. The molecule has 1 fully saturated rings. The van der Waals surface area contributed by atoms with Gasteiger partial charge in [-0.05, 0) is 55.8 Å². The van der Waals surface area contributed by atoms with Crippen LogP contribution >= 0.6 is 0 Å². The van der Waals surface area contributed by atoms with Crippen LogP contribution in [0.1, 0.15) is 43.7 Å². The molecule has 144 valence electrons. The molecule has 2 heterocycles. The number of aliphatic imine (C=N–C) groups is 1. The Bertz CT molecular complexity index is 604. The number of nitrogens with zero attached hydrogens (tertiary/aromatic N) is 3. The van der Waals surface area contributed by atoms with Gasteiger partial charge in [0.15, 0.2) is 5.96 Å². The van der Waals surface area contributed by atoms with E-state index in [1.54, 1.807) is 0 Å². The number of nitrogens with one attached hydrogen (secondary N) is 2. The number of piperidine rings is 1. The first-order valence-electron chi connectivity index (χ1n) is 10.2. The quantitative estimate of drug-likeness (QED) is 0.628. The molecule has 1 aromatic rings. The molecule has 2 N–H and O–H groups in total. The minimum Gasteiger partial charge on any atom is -0.374 e. The molecule has 0 spiro atoms. The highest BCUT2D eigenvalue weighted by atomic mass is 15.2. The predicted octanol–water partition coefficient (Wildman–Crippen LogP) is 2.61. The number of hydrogen-bond donors (Lipinski definition) is 2. The standard InChI is InChI=1S/C21H35N5/c1-4-11-26-13-9-19(10-14-26)24-21(22-2)23-16-17-7-8-20-18(15-17)6-5-12-25(20)3/h7-8,15,19H,4-6,9-14,16H2,1-3H3,(H2,22,23,24). The third kappa shape index (κ3) is 4.91. The number of hydrogen-bond acceptors (Lipinski definition) is 3. The van der Waals surface area contributed by atoms with E-state index in [4.69, 9.17) is 0 Å². The summed E-state index contributed by atoms with van der Waals surface area (Å²) in [5.41, 5.74) is 4.20. The summed E-state index contributed by atoms with van der Waals surface area (Å²) in [6.07, 6.45) is 6.09. The summed E-state index contributed by atoms with van der Waals surface area (Å²) in [4.78, 5) is 9.36. The Balaban J connectivity index is 1.49. The van der Waals surface area contributed by atoms with Gasteiger partial charge in [-0.15, -0.1) is 0 Å². The highest BCUT2D eigenvalue weighted by Gasteiger charge is 2.19. The van der Waals surface area contributed by atoms with Gasteiger partial charge in [0.2, 0.25) is 0 Å². The van der Waals surface area contributed by atoms with Gasteiger partial charge in [-0.25, -0.2) is 0 Å². The van der Waals surface area contributed by atoms with Crippen LogP contribution in [-0.2, 0) is 13.0 Å². The topological polar surface area (TPSA) is 42.9 Å². The fourth-order valence-electron chi connectivity index (χ4n) is 4.14. The number of guanidine groups is 1. The monoisotopic (exact) mass is 357 g/mol. The number of likely N-dealkylation sites (tertiary alicyclic amines) is 1. The molecule has 0 atom stereocenters. The van der Waals surface area contributed by atoms with Crippen molar-refractivity contribution in [3.05, 3.63) is 29.3 Å². The minimum absolute atomic E-state index is 0.534. The molecule has 1 saturated heterocycles. The number of benzene rings is 1. The number of fused-ring (bicyclic) bond motifs is 1. The lowest BCUT2D eigenvalue weighted by Crippen LogP contribution is -2.48. The van der Waals surface area contributed by atoms with Crippen LogP contribution in [0, 0.1) is 0 Å². The van der Waals surface area contributed by atoms with E-state index in [9.17, 15) is 0 Å². The van der Waals surface area contributed by atoms with Crippen LogP contribution in [-0.4, -0.2) is 57.2 Å². The van der Waals surface area contributed by atoms with Crippen LogP contribution < -0.4 is 15.5 Å². The van der Waals surface area contributed by atoms with E-state index >= 15 is 0 Å². The third-order valence-electron chi connectivity index (χ3n) is 5.65. The third-order valence-corrected chi connectivity index (χ3v) is 5.65. The van der Waals surface area contributed by atoms with Crippen molar-refractivity contribution < 1.29 is 0 Å². The van der Waals surface area contributed by atoms with Crippen molar-refractivity contribution >= 4 is 11.6 Å². The van der Waals surface area contributed by atoms with Gasteiger partial charge < -0.3 is 20.4 Å². The van der Waals surface area contributed by atoms with Crippen LogP contribution in [0.25, 0.3) is 0 Å². The summed E-state index contributed by atoms with van der Waals surface area (Å²) >= 11 is 0. The lowest BCUT2D eigenvalue weighted by molar-refractivity contribution is 0.206. The second-order valence-corrected chi connectivity index (χ2v) is 7.67. The first-order chi connectivity index (χ1) is 12.7. The molecule has 2 aliphatic rings. The average molecular weight is 358 g/mol. The molecule has 0 unspecified atom stereocenters. The highest BCUT2D eigenvalue weighted by Crippen LogP contribution is 2.26. The molecule has 0 saturated carbocycles. The molecule has 0 amide bonds. The number of anilines is 1. The van der Waals surface area contributed by atoms with Gasteiger partial charge in [-0.3, -0.25) is 4.99 Å². The molecule has 5 heteroatoms. The maximum Gasteiger partial charge on any atom is 0.191 e. The van der Waals surface area contributed by atoms with Crippen LogP contribution in [0.5, 0.6) is 0 Å². The van der Waals surface area contributed by atoms with Crippen LogP contribution in [0.4, 0.5) is 5.69 Å². The molecule has 0 aliphatic carbocycles. The van der Waals surface area contributed by atoms with Gasteiger partial charge in [0, 0.05) is 52.0 Å². The Morgan fingerprint density at radius 1 is 1.23 bits per heavy atom. The second kappa shape index (κ2) is 9.26.